The van der Waals surface area contributed by atoms with E-state index >= 15 is 8.63 Å². The van der Waals surface area contributed by atoms with E-state index in [1.807, 2.05) is 38.1 Å². The summed E-state index contributed by atoms with van der Waals surface area (Å²) >= 11 is 9.87. The Morgan fingerprint density at radius 1 is 1.15 bits per heavy atom. The summed E-state index contributed by atoms with van der Waals surface area (Å²) in [6.07, 6.45) is 1.82. The third-order valence-electron chi connectivity index (χ3n) is 5.16. The lowest BCUT2D eigenvalue weighted by atomic mass is 9.84. The molecule has 2 nitrogen and oxygen atoms in total. The molecule has 2 aliphatic heterocycles. The van der Waals surface area contributed by atoms with Gasteiger partial charge in [-0.05, 0) is 60.1 Å². The maximum Gasteiger partial charge on any atom is 0.737 e. The van der Waals surface area contributed by atoms with Crippen LogP contribution in [0.4, 0.5) is 8.63 Å². The minimum Gasteiger partial charge on any atom is -0.393 e. The van der Waals surface area contributed by atoms with Crippen LogP contribution in [0.5, 0.6) is 0 Å². The Balaban J connectivity index is 2.22. The van der Waals surface area contributed by atoms with Crippen molar-refractivity contribution in [2.24, 2.45) is 0 Å². The van der Waals surface area contributed by atoms with Crippen molar-refractivity contribution in [3.05, 3.63) is 73.6 Å². The number of benzene rings is 1. The second-order valence-corrected chi connectivity index (χ2v) is 8.14. The third kappa shape index (κ3) is 2.18. The van der Waals surface area contributed by atoms with Gasteiger partial charge in [0.05, 0.1) is 10.6 Å². The number of hydrogen-bond acceptors (Lipinski definition) is 0. The molecule has 0 saturated carbocycles. The van der Waals surface area contributed by atoms with Crippen LogP contribution in [0.1, 0.15) is 36.4 Å². The van der Waals surface area contributed by atoms with Crippen LogP contribution in [0.25, 0.3) is 5.57 Å². The predicted octanol–water partition coefficient (Wildman–Crippen LogP) is 5.95. The highest BCUT2D eigenvalue weighted by Gasteiger charge is 2.55. The molecule has 4 rings (SSSR count). The fourth-order valence-corrected chi connectivity index (χ4v) is 4.89. The minimum atomic E-state index is -3.96. The molecule has 0 atom stereocenters. The molecule has 134 valence electrons. The van der Waals surface area contributed by atoms with Crippen molar-refractivity contribution >= 4 is 45.8 Å². The van der Waals surface area contributed by atoms with E-state index in [-0.39, 0.29) is 0 Å². The summed E-state index contributed by atoms with van der Waals surface area (Å²) in [5, 5.41) is 0.554. The summed E-state index contributed by atoms with van der Waals surface area (Å²) in [7, 11) is 0. The molecule has 2 aliphatic rings. The molecule has 0 spiro atoms. The van der Waals surface area contributed by atoms with Gasteiger partial charge in [0, 0.05) is 34.3 Å². The van der Waals surface area contributed by atoms with Crippen LogP contribution in [0.2, 0.25) is 5.02 Å². The minimum absolute atomic E-state index is 0.551. The summed E-state index contributed by atoms with van der Waals surface area (Å²) in [5.41, 5.74) is 5.47. The number of aryl methyl sites for hydroxylation is 2. The van der Waals surface area contributed by atoms with Gasteiger partial charge in [0.25, 0.3) is 0 Å². The second-order valence-electron chi connectivity index (χ2n) is 6.94. The molecule has 1 aromatic heterocycles. The molecule has 0 amide bonds. The van der Waals surface area contributed by atoms with Gasteiger partial charge in [-0.3, -0.25) is 0 Å². The molecule has 0 N–H and O–H groups in total. The first-order chi connectivity index (χ1) is 12.2. The van der Waals surface area contributed by atoms with Gasteiger partial charge < -0.3 is 17.6 Å². The molecule has 0 bridgehead atoms. The van der Waals surface area contributed by atoms with Crippen LogP contribution in [0.3, 0.4) is 0 Å². The molecule has 0 aliphatic carbocycles. The summed E-state index contributed by atoms with van der Waals surface area (Å²) in [5.74, 6) is 0. The number of hydrogen-bond donors (Lipinski definition) is 0. The van der Waals surface area contributed by atoms with Gasteiger partial charge in [-0.1, -0.05) is 23.7 Å². The van der Waals surface area contributed by atoms with E-state index in [4.69, 9.17) is 11.6 Å². The lowest BCUT2D eigenvalue weighted by molar-refractivity contribution is -0.363. The molecular formula is C19H17BBrClF2N2. The first kappa shape index (κ1) is 17.7. The molecule has 2 aromatic rings. The van der Waals surface area contributed by atoms with Crippen LogP contribution in [0.15, 0.2) is 46.1 Å². The van der Waals surface area contributed by atoms with Crippen molar-refractivity contribution in [2.45, 2.75) is 27.7 Å². The fraction of sp³-hybridized carbons (Fsp3) is 0.211. The number of aromatic nitrogens is 1. The van der Waals surface area contributed by atoms with Gasteiger partial charge in [-0.15, -0.1) is 0 Å². The molecule has 1 aromatic carbocycles. The van der Waals surface area contributed by atoms with E-state index in [9.17, 15) is 0 Å². The zero-order valence-corrected chi connectivity index (χ0v) is 17.2. The maximum absolute atomic E-state index is 15.5. The largest absolute Gasteiger partial charge is 0.737 e. The van der Waals surface area contributed by atoms with Gasteiger partial charge >= 0.3 is 6.97 Å². The Hall–Kier alpha value is -1.66. The molecule has 7 heteroatoms. The van der Waals surface area contributed by atoms with Crippen LogP contribution < -0.4 is 0 Å². The highest BCUT2D eigenvalue weighted by atomic mass is 79.9. The lowest BCUT2D eigenvalue weighted by Gasteiger charge is -2.34. The number of rotatable bonds is 1. The van der Waals surface area contributed by atoms with E-state index in [0.29, 0.717) is 32.3 Å². The average Bonchev–Trinajstić information content (AvgIpc) is 3.01. The SMILES string of the molecule is CC1=CC(C)=[N+]2C1=C(c1cccc(Cl)c1Br)c1c(C)cc(C)n1[B-]2(F)F. The van der Waals surface area contributed by atoms with Gasteiger partial charge in [0.1, 0.15) is 5.71 Å². The normalized spacial score (nSPS) is 18.2. The molecule has 3 heterocycles. The van der Waals surface area contributed by atoms with E-state index in [2.05, 4.69) is 15.9 Å². The zero-order chi connectivity index (χ0) is 19.0. The van der Waals surface area contributed by atoms with Gasteiger partial charge in [-0.25, -0.2) is 0 Å². The predicted molar refractivity (Wildman–Crippen MR) is 107 cm³/mol. The van der Waals surface area contributed by atoms with Crippen molar-refractivity contribution in [3.63, 3.8) is 0 Å². The Labute approximate surface area is 164 Å². The van der Waals surface area contributed by atoms with Crippen LogP contribution in [-0.2, 0) is 0 Å². The third-order valence-corrected chi connectivity index (χ3v) is 6.55. The summed E-state index contributed by atoms with van der Waals surface area (Å²) in [6.45, 7) is 3.26. The van der Waals surface area contributed by atoms with Crippen LogP contribution in [-0.4, -0.2) is 21.6 Å². The fourth-order valence-electron chi connectivity index (χ4n) is 4.25. The Morgan fingerprint density at radius 2 is 1.85 bits per heavy atom. The van der Waals surface area contributed by atoms with Crippen LogP contribution >= 0.6 is 27.5 Å². The maximum atomic E-state index is 15.5. The summed E-state index contributed by atoms with van der Waals surface area (Å²) in [4.78, 5) is 0. The molecule has 0 fully saturated rings. The van der Waals surface area contributed by atoms with E-state index in [0.717, 1.165) is 22.3 Å². The first-order valence-corrected chi connectivity index (χ1v) is 9.54. The monoisotopic (exact) mass is 436 g/mol. The Bertz CT molecular complexity index is 1080. The van der Waals surface area contributed by atoms with E-state index in [1.54, 1.807) is 19.9 Å². The second kappa shape index (κ2) is 5.67. The van der Waals surface area contributed by atoms with Crippen molar-refractivity contribution in [1.82, 2.24) is 4.48 Å². The van der Waals surface area contributed by atoms with Gasteiger partial charge in [0.2, 0.25) is 0 Å². The van der Waals surface area contributed by atoms with Gasteiger partial charge in [0.15, 0.2) is 5.70 Å². The zero-order valence-electron chi connectivity index (χ0n) is 14.9. The topological polar surface area (TPSA) is 7.94 Å². The first-order valence-electron chi connectivity index (χ1n) is 8.37. The Kier molecular flexibility index (Phi) is 3.87. The van der Waals surface area contributed by atoms with Crippen molar-refractivity contribution in [1.29, 1.82) is 0 Å². The quantitative estimate of drug-likeness (QED) is 0.487. The summed E-state index contributed by atoms with van der Waals surface area (Å²) in [6, 6.07) is 7.37. The van der Waals surface area contributed by atoms with Crippen LogP contribution in [0, 0.1) is 13.8 Å². The van der Waals surface area contributed by atoms with E-state index in [1.165, 1.54) is 8.96 Å². The standard InChI is InChI=1S/C19H17BBrClF2N2/c1-10-8-12(3)25-18(10)16(14-6-5-7-15(22)17(14)21)19-11(2)9-13(4)26(19)20(25,23)24/h5-9H,1-4H3. The molecule has 0 saturated heterocycles. The summed E-state index contributed by atoms with van der Waals surface area (Å²) < 4.78 is 34.2. The van der Waals surface area contributed by atoms with Crippen molar-refractivity contribution in [3.8, 4) is 0 Å². The number of halogens is 4. The number of allylic oxidation sites excluding steroid dienone is 2. The highest BCUT2D eigenvalue weighted by molar-refractivity contribution is 9.10. The Morgan fingerprint density at radius 3 is 2.54 bits per heavy atom. The lowest BCUT2D eigenvalue weighted by Crippen LogP contribution is -2.51. The van der Waals surface area contributed by atoms with Crippen molar-refractivity contribution in [2.75, 3.05) is 0 Å². The highest BCUT2D eigenvalue weighted by Crippen LogP contribution is 2.46. The molecule has 0 unspecified atom stereocenters. The number of fused-ring (bicyclic) bond motifs is 2. The number of nitrogens with zero attached hydrogens (tertiary/aromatic N) is 2. The molecule has 0 radical (unpaired) electrons. The van der Waals surface area contributed by atoms with Gasteiger partial charge in [-0.2, -0.15) is 0 Å². The smallest absolute Gasteiger partial charge is 0.393 e. The molecular weight excluding hydrogens is 420 g/mol. The molecule has 26 heavy (non-hydrogen) atoms. The van der Waals surface area contributed by atoms with E-state index < -0.39 is 6.97 Å². The average molecular weight is 438 g/mol. The van der Waals surface area contributed by atoms with Crippen molar-refractivity contribution < 1.29 is 13.1 Å².